The second kappa shape index (κ2) is 6.99. The number of alkyl halides is 3. The highest BCUT2D eigenvalue weighted by Crippen LogP contribution is 2.18. The smallest absolute Gasteiger partial charge is 0.261 e. The fraction of sp³-hybridized carbons (Fsp3) is 0.500. The number of benzene rings is 1. The Morgan fingerprint density at radius 2 is 2.20 bits per heavy atom. The predicted molar refractivity (Wildman–Crippen MR) is 75.7 cm³/mol. The summed E-state index contributed by atoms with van der Waals surface area (Å²) in [6, 6.07) is 5.99. The van der Waals surface area contributed by atoms with Crippen LogP contribution in [0.4, 0.5) is 8.78 Å². The minimum Gasteiger partial charge on any atom is -0.374 e. The van der Waals surface area contributed by atoms with E-state index in [0.29, 0.717) is 18.8 Å². The fourth-order valence-corrected chi connectivity index (χ4v) is 2.30. The van der Waals surface area contributed by atoms with Gasteiger partial charge in [-0.3, -0.25) is 0 Å². The average molecular weight is 303 g/mol. The molecule has 0 fully saturated rings. The summed E-state index contributed by atoms with van der Waals surface area (Å²) in [5.41, 5.74) is 3.01. The number of nitrogens with zero attached hydrogens (tertiary/aromatic N) is 2. The van der Waals surface area contributed by atoms with E-state index < -0.39 is 13.0 Å². The first-order chi connectivity index (χ1) is 9.61. The molecule has 0 aliphatic heterocycles. The van der Waals surface area contributed by atoms with Gasteiger partial charge in [0.15, 0.2) is 0 Å². The number of aryl methyl sites for hydroxylation is 2. The molecule has 0 spiro atoms. The average Bonchev–Trinajstić information content (AvgIpc) is 2.72. The minimum absolute atomic E-state index is 0.235. The van der Waals surface area contributed by atoms with Gasteiger partial charge in [-0.2, -0.15) is 0 Å². The van der Waals surface area contributed by atoms with Crippen molar-refractivity contribution in [3.63, 3.8) is 0 Å². The summed E-state index contributed by atoms with van der Waals surface area (Å²) in [7, 11) is 0. The molecule has 20 heavy (non-hydrogen) atoms. The van der Waals surface area contributed by atoms with E-state index in [1.807, 2.05) is 29.7 Å². The SMILES string of the molecule is Cc1ccc2nc(CCCl)n(CCOCC(F)F)c2c1. The largest absolute Gasteiger partial charge is 0.374 e. The molecule has 0 radical (unpaired) electrons. The first-order valence-electron chi connectivity index (χ1n) is 6.49. The van der Waals surface area contributed by atoms with Crippen LogP contribution in [0.5, 0.6) is 0 Å². The van der Waals surface area contributed by atoms with Crippen LogP contribution in [0.1, 0.15) is 11.4 Å². The molecule has 1 heterocycles. The highest BCUT2D eigenvalue weighted by atomic mass is 35.5. The molecule has 0 aliphatic rings. The van der Waals surface area contributed by atoms with Crippen LogP contribution in [0.3, 0.4) is 0 Å². The first kappa shape index (κ1) is 15.2. The van der Waals surface area contributed by atoms with Crippen molar-refractivity contribution in [2.45, 2.75) is 26.3 Å². The number of halogens is 3. The second-order valence-corrected chi connectivity index (χ2v) is 4.95. The van der Waals surface area contributed by atoms with E-state index in [-0.39, 0.29) is 6.61 Å². The van der Waals surface area contributed by atoms with Crippen LogP contribution in [0.15, 0.2) is 18.2 Å². The molecular formula is C14H17ClF2N2O. The van der Waals surface area contributed by atoms with E-state index in [0.717, 1.165) is 22.4 Å². The summed E-state index contributed by atoms with van der Waals surface area (Å²) >= 11 is 5.79. The van der Waals surface area contributed by atoms with Gasteiger partial charge in [0.05, 0.1) is 17.6 Å². The maximum Gasteiger partial charge on any atom is 0.261 e. The normalized spacial score (nSPS) is 11.7. The molecule has 1 aromatic carbocycles. The van der Waals surface area contributed by atoms with Crippen molar-refractivity contribution in [2.24, 2.45) is 0 Å². The number of ether oxygens (including phenoxy) is 1. The number of fused-ring (bicyclic) bond motifs is 1. The third kappa shape index (κ3) is 3.67. The molecule has 0 saturated heterocycles. The Balaban J connectivity index is 2.19. The fourth-order valence-electron chi connectivity index (χ4n) is 2.14. The molecule has 2 rings (SSSR count). The van der Waals surface area contributed by atoms with Crippen molar-refractivity contribution in [2.75, 3.05) is 19.1 Å². The summed E-state index contributed by atoms with van der Waals surface area (Å²) < 4.78 is 31.0. The minimum atomic E-state index is -2.43. The van der Waals surface area contributed by atoms with Gasteiger partial charge in [-0.05, 0) is 24.6 Å². The van der Waals surface area contributed by atoms with Crippen molar-refractivity contribution >= 4 is 22.6 Å². The Labute approximate surface area is 121 Å². The van der Waals surface area contributed by atoms with Gasteiger partial charge in [0.25, 0.3) is 6.43 Å². The van der Waals surface area contributed by atoms with Crippen LogP contribution in [-0.4, -0.2) is 35.1 Å². The van der Waals surface area contributed by atoms with Crippen LogP contribution in [-0.2, 0) is 17.7 Å². The van der Waals surface area contributed by atoms with Crippen molar-refractivity contribution in [1.29, 1.82) is 0 Å². The lowest BCUT2D eigenvalue weighted by Gasteiger charge is -2.09. The van der Waals surface area contributed by atoms with Gasteiger partial charge >= 0.3 is 0 Å². The molecule has 0 bridgehead atoms. The summed E-state index contributed by atoms with van der Waals surface area (Å²) in [5, 5.41) is 0. The van der Waals surface area contributed by atoms with Gasteiger partial charge in [0.1, 0.15) is 12.4 Å². The quantitative estimate of drug-likeness (QED) is 0.579. The van der Waals surface area contributed by atoms with Crippen molar-refractivity contribution in [3.05, 3.63) is 29.6 Å². The zero-order chi connectivity index (χ0) is 14.5. The van der Waals surface area contributed by atoms with Gasteiger partial charge in [0, 0.05) is 18.8 Å². The topological polar surface area (TPSA) is 27.1 Å². The Kier molecular flexibility index (Phi) is 5.31. The highest BCUT2D eigenvalue weighted by Gasteiger charge is 2.11. The zero-order valence-electron chi connectivity index (χ0n) is 11.3. The van der Waals surface area contributed by atoms with Crippen LogP contribution in [0.25, 0.3) is 11.0 Å². The third-order valence-corrected chi connectivity index (χ3v) is 3.19. The molecule has 0 atom stereocenters. The van der Waals surface area contributed by atoms with Crippen LogP contribution in [0.2, 0.25) is 0 Å². The van der Waals surface area contributed by atoms with E-state index in [9.17, 15) is 8.78 Å². The van der Waals surface area contributed by atoms with Crippen molar-refractivity contribution in [3.8, 4) is 0 Å². The maximum absolute atomic E-state index is 12.0. The van der Waals surface area contributed by atoms with Crippen LogP contribution < -0.4 is 0 Å². The molecule has 110 valence electrons. The Hall–Kier alpha value is -1.20. The second-order valence-electron chi connectivity index (χ2n) is 4.58. The van der Waals surface area contributed by atoms with Gasteiger partial charge in [-0.15, -0.1) is 11.6 Å². The summed E-state index contributed by atoms with van der Waals surface area (Å²) in [6.45, 7) is 2.21. The van der Waals surface area contributed by atoms with Crippen LogP contribution >= 0.6 is 11.6 Å². The van der Waals surface area contributed by atoms with Crippen LogP contribution in [0, 0.1) is 6.92 Å². The summed E-state index contributed by atoms with van der Waals surface area (Å²) in [4.78, 5) is 4.53. The Bertz CT molecular complexity index is 572. The van der Waals surface area contributed by atoms with E-state index >= 15 is 0 Å². The van der Waals surface area contributed by atoms with Crippen molar-refractivity contribution in [1.82, 2.24) is 9.55 Å². The molecule has 2 aromatic rings. The standard InChI is InChI=1S/C14H17ClF2N2O/c1-10-2-3-11-12(8-10)19(14(18-11)4-5-15)6-7-20-9-13(16)17/h2-3,8,13H,4-7,9H2,1H3. The molecule has 0 saturated carbocycles. The Morgan fingerprint density at radius 1 is 1.40 bits per heavy atom. The first-order valence-corrected chi connectivity index (χ1v) is 7.03. The summed E-state index contributed by atoms with van der Waals surface area (Å²) in [5.74, 6) is 1.33. The zero-order valence-corrected chi connectivity index (χ0v) is 12.0. The molecular weight excluding hydrogens is 286 g/mol. The van der Waals surface area contributed by atoms with Gasteiger partial charge in [0.2, 0.25) is 0 Å². The molecule has 0 unspecified atom stereocenters. The molecule has 3 nitrogen and oxygen atoms in total. The lowest BCUT2D eigenvalue weighted by molar-refractivity contribution is 0.0148. The van der Waals surface area contributed by atoms with E-state index in [1.54, 1.807) is 0 Å². The van der Waals surface area contributed by atoms with Gasteiger partial charge in [-0.1, -0.05) is 6.07 Å². The van der Waals surface area contributed by atoms with Gasteiger partial charge < -0.3 is 9.30 Å². The van der Waals surface area contributed by atoms with Gasteiger partial charge in [-0.25, -0.2) is 13.8 Å². The number of hydrogen-bond acceptors (Lipinski definition) is 2. The Morgan fingerprint density at radius 3 is 2.90 bits per heavy atom. The summed E-state index contributed by atoms with van der Waals surface area (Å²) in [6.07, 6.45) is -1.79. The molecule has 1 aromatic heterocycles. The monoisotopic (exact) mass is 302 g/mol. The number of imidazole rings is 1. The molecule has 0 amide bonds. The predicted octanol–water partition coefficient (Wildman–Crippen LogP) is 3.41. The van der Waals surface area contributed by atoms with Crippen molar-refractivity contribution < 1.29 is 13.5 Å². The van der Waals surface area contributed by atoms with E-state index in [1.165, 1.54) is 0 Å². The maximum atomic E-state index is 12.0. The van der Waals surface area contributed by atoms with E-state index in [2.05, 4.69) is 4.98 Å². The molecule has 0 aliphatic carbocycles. The number of aromatic nitrogens is 2. The lowest BCUT2D eigenvalue weighted by atomic mass is 10.2. The number of hydrogen-bond donors (Lipinski definition) is 0. The molecule has 6 heteroatoms. The third-order valence-electron chi connectivity index (χ3n) is 3.00. The lowest BCUT2D eigenvalue weighted by Crippen LogP contribution is -2.13. The molecule has 0 N–H and O–H groups in total. The highest BCUT2D eigenvalue weighted by molar-refractivity contribution is 6.17. The van der Waals surface area contributed by atoms with E-state index in [4.69, 9.17) is 16.3 Å². The number of rotatable bonds is 7.